The summed E-state index contributed by atoms with van der Waals surface area (Å²) in [6.07, 6.45) is 1.78. The van der Waals surface area contributed by atoms with E-state index in [4.69, 9.17) is 5.26 Å². The minimum atomic E-state index is 0.392. The third-order valence-corrected chi connectivity index (χ3v) is 2.99. The molecule has 0 spiro atoms. The van der Waals surface area contributed by atoms with Crippen LogP contribution in [0.15, 0.2) is 42.6 Å². The van der Waals surface area contributed by atoms with Crippen LogP contribution in [0.2, 0.25) is 0 Å². The zero-order valence-electron chi connectivity index (χ0n) is 9.38. The molecule has 1 heterocycles. The lowest BCUT2D eigenvalue weighted by Crippen LogP contribution is -1.90. The summed E-state index contributed by atoms with van der Waals surface area (Å²) >= 11 is 0. The SMILES string of the molecule is N#Cc1ccc2ncc3ccccc3c2c1C#N. The third-order valence-electron chi connectivity index (χ3n) is 2.99. The van der Waals surface area contributed by atoms with E-state index in [-0.39, 0.29) is 0 Å². The molecule has 0 saturated carbocycles. The fourth-order valence-corrected chi connectivity index (χ4v) is 2.16. The first-order valence-electron chi connectivity index (χ1n) is 5.46. The Bertz CT molecular complexity index is 851. The minimum absolute atomic E-state index is 0.392. The van der Waals surface area contributed by atoms with Crippen LogP contribution < -0.4 is 0 Å². The molecule has 3 nitrogen and oxygen atoms in total. The Morgan fingerprint density at radius 1 is 0.944 bits per heavy atom. The van der Waals surface area contributed by atoms with E-state index in [1.165, 1.54) is 0 Å². The molecule has 0 amide bonds. The Balaban J connectivity index is 2.64. The zero-order valence-corrected chi connectivity index (χ0v) is 9.38. The van der Waals surface area contributed by atoms with Gasteiger partial charge in [0.2, 0.25) is 0 Å². The topological polar surface area (TPSA) is 60.5 Å². The van der Waals surface area contributed by atoms with Crippen LogP contribution >= 0.6 is 0 Å². The highest BCUT2D eigenvalue weighted by Crippen LogP contribution is 2.28. The van der Waals surface area contributed by atoms with Crippen molar-refractivity contribution in [3.05, 3.63) is 53.7 Å². The summed E-state index contributed by atoms with van der Waals surface area (Å²) < 4.78 is 0. The summed E-state index contributed by atoms with van der Waals surface area (Å²) in [5.74, 6) is 0. The Labute approximate surface area is 104 Å². The van der Waals surface area contributed by atoms with Gasteiger partial charge >= 0.3 is 0 Å². The van der Waals surface area contributed by atoms with Crippen LogP contribution in [0.1, 0.15) is 11.1 Å². The van der Waals surface area contributed by atoms with Crippen molar-refractivity contribution >= 4 is 21.7 Å². The van der Waals surface area contributed by atoms with E-state index in [0.29, 0.717) is 11.1 Å². The molecule has 82 valence electrons. The Hall–Kier alpha value is -2.91. The molecule has 0 aliphatic rings. The molecule has 3 heteroatoms. The normalized spacial score (nSPS) is 10.1. The van der Waals surface area contributed by atoms with Gasteiger partial charge in [-0.1, -0.05) is 24.3 Å². The van der Waals surface area contributed by atoms with Crippen LogP contribution in [0.4, 0.5) is 0 Å². The number of benzene rings is 2. The second-order valence-corrected chi connectivity index (χ2v) is 3.95. The summed E-state index contributed by atoms with van der Waals surface area (Å²) in [6, 6.07) is 15.3. The molecule has 0 aliphatic heterocycles. The lowest BCUT2D eigenvalue weighted by Gasteiger charge is -2.05. The van der Waals surface area contributed by atoms with Crippen LogP contribution in [-0.2, 0) is 0 Å². The first kappa shape index (κ1) is 10.3. The lowest BCUT2D eigenvalue weighted by atomic mass is 9.99. The van der Waals surface area contributed by atoms with Gasteiger partial charge in [-0.3, -0.25) is 4.98 Å². The van der Waals surface area contributed by atoms with Crippen molar-refractivity contribution < 1.29 is 0 Å². The predicted octanol–water partition coefficient (Wildman–Crippen LogP) is 3.13. The molecule has 2 aromatic carbocycles. The summed E-state index contributed by atoms with van der Waals surface area (Å²) in [6.45, 7) is 0. The van der Waals surface area contributed by atoms with E-state index >= 15 is 0 Å². The van der Waals surface area contributed by atoms with Crippen molar-refractivity contribution in [2.45, 2.75) is 0 Å². The Morgan fingerprint density at radius 3 is 2.56 bits per heavy atom. The maximum Gasteiger partial charge on any atom is 0.101 e. The van der Waals surface area contributed by atoms with E-state index in [0.717, 1.165) is 21.7 Å². The minimum Gasteiger partial charge on any atom is -0.256 e. The quantitative estimate of drug-likeness (QED) is 0.556. The number of pyridine rings is 1. The second kappa shape index (κ2) is 3.84. The Kier molecular flexibility index (Phi) is 2.19. The van der Waals surface area contributed by atoms with Gasteiger partial charge in [-0.05, 0) is 17.5 Å². The number of rotatable bonds is 0. The monoisotopic (exact) mass is 229 g/mol. The first-order valence-corrected chi connectivity index (χ1v) is 5.46. The highest BCUT2D eigenvalue weighted by atomic mass is 14.6. The molecule has 0 fully saturated rings. The van der Waals surface area contributed by atoms with E-state index in [9.17, 15) is 5.26 Å². The van der Waals surface area contributed by atoms with Gasteiger partial charge in [-0.25, -0.2) is 0 Å². The predicted molar refractivity (Wildman–Crippen MR) is 68.7 cm³/mol. The fraction of sp³-hybridized carbons (Fsp3) is 0. The summed E-state index contributed by atoms with van der Waals surface area (Å²) in [5.41, 5.74) is 1.53. The number of nitrogens with zero attached hydrogens (tertiary/aromatic N) is 3. The molecule has 0 N–H and O–H groups in total. The molecule has 0 bridgehead atoms. The molecule has 0 saturated heterocycles. The largest absolute Gasteiger partial charge is 0.256 e. The number of fused-ring (bicyclic) bond motifs is 3. The van der Waals surface area contributed by atoms with Gasteiger partial charge in [0.25, 0.3) is 0 Å². The van der Waals surface area contributed by atoms with Crippen molar-refractivity contribution in [2.75, 3.05) is 0 Å². The highest BCUT2D eigenvalue weighted by molar-refractivity contribution is 6.08. The molecular formula is C15H7N3. The van der Waals surface area contributed by atoms with Crippen LogP contribution in [0.25, 0.3) is 21.7 Å². The number of nitriles is 2. The van der Waals surface area contributed by atoms with Crippen LogP contribution in [-0.4, -0.2) is 4.98 Å². The highest BCUT2D eigenvalue weighted by Gasteiger charge is 2.10. The first-order chi connectivity index (χ1) is 8.85. The van der Waals surface area contributed by atoms with Crippen LogP contribution in [0, 0.1) is 22.7 Å². The van der Waals surface area contributed by atoms with E-state index < -0.39 is 0 Å². The maximum atomic E-state index is 9.28. The number of hydrogen-bond acceptors (Lipinski definition) is 3. The van der Waals surface area contributed by atoms with Crippen molar-refractivity contribution in [2.24, 2.45) is 0 Å². The summed E-state index contributed by atoms with van der Waals surface area (Å²) in [7, 11) is 0. The summed E-state index contributed by atoms with van der Waals surface area (Å²) in [5, 5.41) is 21.0. The van der Waals surface area contributed by atoms with Gasteiger partial charge < -0.3 is 0 Å². The molecule has 0 aliphatic carbocycles. The Morgan fingerprint density at radius 2 is 1.78 bits per heavy atom. The lowest BCUT2D eigenvalue weighted by molar-refractivity contribution is 1.41. The average molecular weight is 229 g/mol. The molecule has 0 atom stereocenters. The van der Waals surface area contributed by atoms with Gasteiger partial charge in [0.1, 0.15) is 12.1 Å². The van der Waals surface area contributed by atoms with Crippen molar-refractivity contribution in [1.82, 2.24) is 4.98 Å². The molecule has 3 aromatic rings. The van der Waals surface area contributed by atoms with Gasteiger partial charge in [0.15, 0.2) is 0 Å². The van der Waals surface area contributed by atoms with Crippen molar-refractivity contribution in [3.63, 3.8) is 0 Å². The second-order valence-electron chi connectivity index (χ2n) is 3.95. The third kappa shape index (κ3) is 1.32. The maximum absolute atomic E-state index is 9.28. The zero-order chi connectivity index (χ0) is 12.5. The standard InChI is InChI=1S/C15H7N3/c16-7-10-5-6-14-15(13(10)8-17)12-4-2-1-3-11(12)9-18-14/h1-6,9H. The summed E-state index contributed by atoms with van der Waals surface area (Å²) in [4.78, 5) is 4.33. The smallest absolute Gasteiger partial charge is 0.101 e. The van der Waals surface area contributed by atoms with Crippen LogP contribution in [0.5, 0.6) is 0 Å². The molecule has 0 unspecified atom stereocenters. The van der Waals surface area contributed by atoms with Gasteiger partial charge in [0.05, 0.1) is 16.6 Å². The molecular weight excluding hydrogens is 222 g/mol. The average Bonchev–Trinajstić information content (AvgIpc) is 2.45. The van der Waals surface area contributed by atoms with Gasteiger partial charge in [0, 0.05) is 17.0 Å². The molecule has 3 rings (SSSR count). The van der Waals surface area contributed by atoms with Crippen molar-refractivity contribution in [3.8, 4) is 12.1 Å². The van der Waals surface area contributed by atoms with Crippen LogP contribution in [0.3, 0.4) is 0 Å². The van der Waals surface area contributed by atoms with Gasteiger partial charge in [-0.2, -0.15) is 10.5 Å². The van der Waals surface area contributed by atoms with Gasteiger partial charge in [-0.15, -0.1) is 0 Å². The van der Waals surface area contributed by atoms with E-state index in [2.05, 4.69) is 17.1 Å². The molecule has 1 aromatic heterocycles. The number of hydrogen-bond donors (Lipinski definition) is 0. The fourth-order valence-electron chi connectivity index (χ4n) is 2.16. The molecule has 18 heavy (non-hydrogen) atoms. The van der Waals surface area contributed by atoms with E-state index in [1.54, 1.807) is 18.3 Å². The van der Waals surface area contributed by atoms with E-state index in [1.807, 2.05) is 24.3 Å². The number of aromatic nitrogens is 1. The van der Waals surface area contributed by atoms with Crippen molar-refractivity contribution in [1.29, 1.82) is 10.5 Å². The molecule has 0 radical (unpaired) electrons.